The molecule has 3 aliphatic carbocycles. The summed E-state index contributed by atoms with van der Waals surface area (Å²) in [6.07, 6.45) is 0. The molecule has 0 spiro atoms. The van der Waals surface area contributed by atoms with E-state index < -0.39 is 0 Å². The van der Waals surface area contributed by atoms with Gasteiger partial charge in [0.2, 0.25) is 0 Å². The lowest BCUT2D eigenvalue weighted by Crippen LogP contribution is -2.19. The summed E-state index contributed by atoms with van der Waals surface area (Å²) in [6, 6.07) is 61.0. The van der Waals surface area contributed by atoms with Crippen LogP contribution < -0.4 is 4.90 Å². The predicted octanol–water partition coefficient (Wildman–Crippen LogP) is 14.3. The standard InChI is InChI=1S/C53H45N/c1-51(2)45-18-12-10-16-41(45)42-31-29-40(33-48(42)51)54(38-25-20-35(21-26-38)34-14-8-7-9-15-34)39-27-22-36(23-28-39)37-24-30-44-47(32-37)53(5,6)49-43-17-11-13-19-46(43)52(3,4)50(44)49/h7-33H,1-6H3. The Balaban J connectivity index is 1.04. The van der Waals surface area contributed by atoms with Crippen molar-refractivity contribution in [3.8, 4) is 33.4 Å². The molecule has 0 atom stereocenters. The number of anilines is 3. The van der Waals surface area contributed by atoms with Gasteiger partial charge in [0.1, 0.15) is 0 Å². The highest BCUT2D eigenvalue weighted by atomic mass is 15.1. The number of allylic oxidation sites excluding steroid dienone is 2. The smallest absolute Gasteiger partial charge is 0.0465 e. The Morgan fingerprint density at radius 1 is 0.296 bits per heavy atom. The second-order valence-corrected chi connectivity index (χ2v) is 17.0. The first kappa shape index (κ1) is 32.7. The maximum atomic E-state index is 2.46. The zero-order valence-electron chi connectivity index (χ0n) is 32.0. The van der Waals surface area contributed by atoms with E-state index in [9.17, 15) is 0 Å². The minimum absolute atomic E-state index is 0.0179. The van der Waals surface area contributed by atoms with Crippen LogP contribution in [0, 0.1) is 0 Å². The van der Waals surface area contributed by atoms with Crippen LogP contribution in [0.1, 0.15) is 74.9 Å². The minimum Gasteiger partial charge on any atom is -0.310 e. The van der Waals surface area contributed by atoms with Crippen molar-refractivity contribution >= 4 is 28.2 Å². The van der Waals surface area contributed by atoms with Crippen molar-refractivity contribution in [3.05, 3.63) is 197 Å². The van der Waals surface area contributed by atoms with Gasteiger partial charge < -0.3 is 4.90 Å². The third kappa shape index (κ3) is 4.64. The Morgan fingerprint density at radius 2 is 0.704 bits per heavy atom. The van der Waals surface area contributed by atoms with Crippen molar-refractivity contribution in [1.82, 2.24) is 0 Å². The lowest BCUT2D eigenvalue weighted by molar-refractivity contribution is 0.660. The van der Waals surface area contributed by atoms with Crippen LogP contribution in [0.25, 0.3) is 44.5 Å². The van der Waals surface area contributed by atoms with Gasteiger partial charge in [-0.2, -0.15) is 0 Å². The van der Waals surface area contributed by atoms with Crippen LogP contribution in [0.5, 0.6) is 0 Å². The summed E-state index contributed by atoms with van der Waals surface area (Å²) in [7, 11) is 0. The third-order valence-electron chi connectivity index (χ3n) is 12.8. The van der Waals surface area contributed by atoms with Crippen LogP contribution in [0.4, 0.5) is 17.1 Å². The molecule has 0 N–H and O–H groups in total. The molecule has 0 unspecified atom stereocenters. The maximum absolute atomic E-state index is 2.46. The van der Waals surface area contributed by atoms with Crippen LogP contribution >= 0.6 is 0 Å². The zero-order chi connectivity index (χ0) is 37.0. The van der Waals surface area contributed by atoms with E-state index in [2.05, 4.69) is 210 Å². The van der Waals surface area contributed by atoms with Gasteiger partial charge in [0.25, 0.3) is 0 Å². The average molecular weight is 696 g/mol. The zero-order valence-corrected chi connectivity index (χ0v) is 32.0. The van der Waals surface area contributed by atoms with Crippen LogP contribution in [0.15, 0.2) is 164 Å². The minimum atomic E-state index is -0.0810. The number of nitrogens with zero attached hydrogens (tertiary/aromatic N) is 1. The molecule has 3 aliphatic rings. The fourth-order valence-corrected chi connectivity index (χ4v) is 10.1. The summed E-state index contributed by atoms with van der Waals surface area (Å²) < 4.78 is 0. The summed E-state index contributed by atoms with van der Waals surface area (Å²) in [5, 5.41) is 0. The average Bonchev–Trinajstić information content (AvgIpc) is 3.70. The molecule has 54 heavy (non-hydrogen) atoms. The number of hydrogen-bond acceptors (Lipinski definition) is 1. The first-order valence-corrected chi connectivity index (χ1v) is 19.4. The van der Waals surface area contributed by atoms with Crippen molar-refractivity contribution in [3.63, 3.8) is 0 Å². The highest BCUT2D eigenvalue weighted by Crippen LogP contribution is 2.62. The highest BCUT2D eigenvalue weighted by Gasteiger charge is 2.49. The number of hydrogen-bond donors (Lipinski definition) is 0. The molecule has 10 rings (SSSR count). The summed E-state index contributed by atoms with van der Waals surface area (Å²) in [6.45, 7) is 14.3. The molecule has 0 radical (unpaired) electrons. The quantitative estimate of drug-likeness (QED) is 0.173. The summed E-state index contributed by atoms with van der Waals surface area (Å²) >= 11 is 0. The maximum Gasteiger partial charge on any atom is 0.0465 e. The van der Waals surface area contributed by atoms with E-state index in [1.807, 2.05) is 0 Å². The van der Waals surface area contributed by atoms with Gasteiger partial charge in [0.15, 0.2) is 0 Å². The van der Waals surface area contributed by atoms with Gasteiger partial charge in [0.05, 0.1) is 0 Å². The van der Waals surface area contributed by atoms with Crippen molar-refractivity contribution in [2.45, 2.75) is 57.8 Å². The van der Waals surface area contributed by atoms with Crippen LogP contribution in [0.2, 0.25) is 0 Å². The van der Waals surface area contributed by atoms with Crippen molar-refractivity contribution in [2.75, 3.05) is 4.90 Å². The monoisotopic (exact) mass is 695 g/mol. The Kier molecular flexibility index (Phi) is 6.99. The fraction of sp³-hybridized carbons (Fsp3) is 0.170. The number of fused-ring (bicyclic) bond motifs is 7. The highest BCUT2D eigenvalue weighted by molar-refractivity contribution is 6.09. The Bertz CT molecular complexity index is 2650. The van der Waals surface area contributed by atoms with Crippen LogP contribution in [-0.4, -0.2) is 0 Å². The molecule has 0 saturated heterocycles. The molecule has 1 nitrogen and oxygen atoms in total. The van der Waals surface area contributed by atoms with E-state index in [1.54, 1.807) is 0 Å². The van der Waals surface area contributed by atoms with E-state index in [0.29, 0.717) is 0 Å². The molecule has 0 aromatic heterocycles. The second-order valence-electron chi connectivity index (χ2n) is 17.0. The number of rotatable bonds is 5. The Labute approximate surface area is 320 Å². The van der Waals surface area contributed by atoms with Gasteiger partial charge in [-0.3, -0.25) is 0 Å². The predicted molar refractivity (Wildman–Crippen MR) is 229 cm³/mol. The van der Waals surface area contributed by atoms with Gasteiger partial charge in [-0.25, -0.2) is 0 Å². The largest absolute Gasteiger partial charge is 0.310 e. The topological polar surface area (TPSA) is 3.24 Å². The SMILES string of the molecule is CC1(C)C2=C(c3ccccc31)C(C)(C)c1cc(-c3ccc(N(c4ccc(-c5ccccc5)cc4)c4ccc5c(c4)C(C)(C)c4ccccc4-5)cc3)ccc12. The molecule has 7 aromatic rings. The van der Waals surface area contributed by atoms with Crippen LogP contribution in [-0.2, 0) is 16.2 Å². The van der Waals surface area contributed by atoms with Gasteiger partial charge in [-0.1, -0.05) is 163 Å². The van der Waals surface area contributed by atoms with E-state index in [0.717, 1.165) is 17.1 Å². The van der Waals surface area contributed by atoms with Crippen molar-refractivity contribution < 1.29 is 0 Å². The molecule has 0 heterocycles. The lowest BCUT2D eigenvalue weighted by atomic mass is 9.75. The molecule has 1 heteroatoms. The van der Waals surface area contributed by atoms with Crippen molar-refractivity contribution in [1.29, 1.82) is 0 Å². The fourth-order valence-electron chi connectivity index (χ4n) is 10.1. The van der Waals surface area contributed by atoms with Gasteiger partial charge in [-0.15, -0.1) is 0 Å². The first-order chi connectivity index (χ1) is 26.0. The van der Waals surface area contributed by atoms with Gasteiger partial charge in [0, 0.05) is 33.3 Å². The lowest BCUT2D eigenvalue weighted by Gasteiger charge is -2.29. The molecule has 7 aromatic carbocycles. The number of benzene rings is 7. The van der Waals surface area contributed by atoms with Crippen LogP contribution in [0.3, 0.4) is 0 Å². The molecule has 0 bridgehead atoms. The van der Waals surface area contributed by atoms with E-state index >= 15 is 0 Å². The van der Waals surface area contributed by atoms with E-state index in [4.69, 9.17) is 0 Å². The third-order valence-corrected chi connectivity index (χ3v) is 12.8. The molecule has 0 saturated carbocycles. The van der Waals surface area contributed by atoms with Gasteiger partial charge in [-0.05, 0) is 120 Å². The molecular formula is C53H45N. The molecular weight excluding hydrogens is 651 g/mol. The molecule has 0 amide bonds. The Hall–Kier alpha value is -5.92. The van der Waals surface area contributed by atoms with E-state index in [1.165, 1.54) is 77.9 Å². The molecule has 0 fully saturated rings. The first-order valence-electron chi connectivity index (χ1n) is 19.4. The summed E-state index contributed by atoms with van der Waals surface area (Å²) in [5.74, 6) is 0. The van der Waals surface area contributed by atoms with E-state index in [-0.39, 0.29) is 16.2 Å². The van der Waals surface area contributed by atoms with Crippen molar-refractivity contribution in [2.24, 2.45) is 0 Å². The molecule has 0 aliphatic heterocycles. The Morgan fingerprint density at radius 3 is 1.35 bits per heavy atom. The van der Waals surface area contributed by atoms with Gasteiger partial charge >= 0.3 is 0 Å². The second kappa shape index (κ2) is 11.5. The summed E-state index contributed by atoms with van der Waals surface area (Å²) in [5.41, 5.74) is 22.3. The normalized spacial score (nSPS) is 16.3. The summed E-state index contributed by atoms with van der Waals surface area (Å²) in [4.78, 5) is 2.41. The molecule has 262 valence electrons.